The lowest BCUT2D eigenvalue weighted by molar-refractivity contribution is 1.30. The van der Waals surface area contributed by atoms with E-state index in [-0.39, 0.29) is 0 Å². The molecule has 13 heavy (non-hydrogen) atoms. The van der Waals surface area contributed by atoms with E-state index in [9.17, 15) is 0 Å². The monoisotopic (exact) mass is 254 g/mol. The smallest absolute Gasteiger partial charge is 0.108 e. The van der Waals surface area contributed by atoms with Crippen molar-refractivity contribution in [2.45, 2.75) is 5.33 Å². The summed E-state index contributed by atoms with van der Waals surface area (Å²) in [6, 6.07) is 10.1. The summed E-state index contributed by atoms with van der Waals surface area (Å²) in [5.41, 5.74) is 3.13. The molecule has 0 spiro atoms. The molecular formula is C9H7BrN2S. The van der Waals surface area contributed by atoms with Gasteiger partial charge < -0.3 is 0 Å². The number of aromatic nitrogens is 2. The zero-order chi connectivity index (χ0) is 9.10. The Morgan fingerprint density at radius 3 is 2.62 bits per heavy atom. The molecule has 1 aromatic heterocycles. The van der Waals surface area contributed by atoms with Crippen molar-refractivity contribution in [1.29, 1.82) is 0 Å². The maximum atomic E-state index is 4.26. The van der Waals surface area contributed by atoms with E-state index in [4.69, 9.17) is 0 Å². The Morgan fingerprint density at radius 2 is 1.92 bits per heavy atom. The van der Waals surface area contributed by atoms with Crippen molar-refractivity contribution >= 4 is 27.7 Å². The molecular weight excluding hydrogens is 248 g/mol. The van der Waals surface area contributed by atoms with Gasteiger partial charge in [-0.2, -0.15) is 8.75 Å². The molecule has 0 amide bonds. The van der Waals surface area contributed by atoms with E-state index in [1.807, 2.05) is 30.3 Å². The van der Waals surface area contributed by atoms with Crippen LogP contribution < -0.4 is 0 Å². The number of hydrogen-bond acceptors (Lipinski definition) is 3. The molecule has 66 valence electrons. The molecule has 0 atom stereocenters. The Kier molecular flexibility index (Phi) is 2.71. The van der Waals surface area contributed by atoms with Gasteiger partial charge in [-0.15, -0.1) is 0 Å². The summed E-state index contributed by atoms with van der Waals surface area (Å²) >= 11 is 4.64. The molecule has 0 N–H and O–H groups in total. The summed E-state index contributed by atoms with van der Waals surface area (Å²) in [6.45, 7) is 0. The van der Waals surface area contributed by atoms with Crippen LogP contribution in [0.5, 0.6) is 0 Å². The maximum Gasteiger partial charge on any atom is 0.108 e. The fourth-order valence-corrected chi connectivity index (χ4v) is 2.25. The van der Waals surface area contributed by atoms with Crippen molar-refractivity contribution in [3.8, 4) is 11.3 Å². The number of hydrogen-bond donors (Lipinski definition) is 0. The van der Waals surface area contributed by atoms with Crippen LogP contribution >= 0.6 is 27.7 Å². The fourth-order valence-electron chi connectivity index (χ4n) is 1.11. The SMILES string of the molecule is BrCc1nsnc1-c1ccccc1. The summed E-state index contributed by atoms with van der Waals surface area (Å²) < 4.78 is 8.45. The van der Waals surface area contributed by atoms with Crippen LogP contribution in [0.4, 0.5) is 0 Å². The molecule has 0 saturated carbocycles. The van der Waals surface area contributed by atoms with E-state index >= 15 is 0 Å². The second-order valence-corrected chi connectivity index (χ2v) is 3.65. The Labute approximate surface area is 89.1 Å². The van der Waals surface area contributed by atoms with E-state index < -0.39 is 0 Å². The minimum atomic E-state index is 0.758. The highest BCUT2D eigenvalue weighted by Gasteiger charge is 2.07. The highest BCUT2D eigenvalue weighted by Crippen LogP contribution is 2.22. The number of alkyl halides is 1. The quantitative estimate of drug-likeness (QED) is 0.770. The normalized spacial score (nSPS) is 10.2. The third kappa shape index (κ3) is 1.78. The molecule has 4 heteroatoms. The molecule has 1 aromatic carbocycles. The zero-order valence-electron chi connectivity index (χ0n) is 6.77. The van der Waals surface area contributed by atoms with Crippen molar-refractivity contribution in [2.75, 3.05) is 0 Å². The third-order valence-electron chi connectivity index (χ3n) is 1.73. The van der Waals surface area contributed by atoms with E-state index in [0.717, 1.165) is 22.3 Å². The molecule has 0 fully saturated rings. The van der Waals surface area contributed by atoms with E-state index in [2.05, 4.69) is 24.7 Å². The van der Waals surface area contributed by atoms with Gasteiger partial charge in [-0.25, -0.2) is 0 Å². The van der Waals surface area contributed by atoms with Crippen LogP contribution in [0.25, 0.3) is 11.3 Å². The van der Waals surface area contributed by atoms with Gasteiger partial charge in [0.1, 0.15) is 5.69 Å². The molecule has 0 unspecified atom stereocenters. The first-order chi connectivity index (χ1) is 6.42. The number of rotatable bonds is 2. The molecule has 0 aliphatic heterocycles. The average molecular weight is 255 g/mol. The van der Waals surface area contributed by atoms with Gasteiger partial charge in [0.25, 0.3) is 0 Å². The van der Waals surface area contributed by atoms with Gasteiger partial charge in [0.2, 0.25) is 0 Å². The molecule has 0 aliphatic carbocycles. The molecule has 2 aromatic rings. The van der Waals surface area contributed by atoms with Crippen LogP contribution in [0.2, 0.25) is 0 Å². The van der Waals surface area contributed by atoms with Crippen molar-refractivity contribution in [3.05, 3.63) is 36.0 Å². The standard InChI is InChI=1S/C9H7BrN2S/c10-6-8-9(12-13-11-8)7-4-2-1-3-5-7/h1-5H,6H2. The molecule has 0 saturated heterocycles. The van der Waals surface area contributed by atoms with E-state index in [0.29, 0.717) is 0 Å². The van der Waals surface area contributed by atoms with Crippen molar-refractivity contribution in [2.24, 2.45) is 0 Å². The van der Waals surface area contributed by atoms with Crippen LogP contribution in [0, 0.1) is 0 Å². The minimum Gasteiger partial charge on any atom is -0.177 e. The Hall–Kier alpha value is -0.740. The molecule has 2 rings (SSSR count). The predicted octanol–water partition coefficient (Wildman–Crippen LogP) is 3.10. The van der Waals surface area contributed by atoms with Gasteiger partial charge in [0, 0.05) is 10.9 Å². The molecule has 1 heterocycles. The summed E-state index contributed by atoms with van der Waals surface area (Å²) in [7, 11) is 0. The second-order valence-electron chi connectivity index (χ2n) is 2.56. The fraction of sp³-hybridized carbons (Fsp3) is 0.111. The number of halogens is 1. The largest absolute Gasteiger partial charge is 0.177 e. The second kappa shape index (κ2) is 3.98. The van der Waals surface area contributed by atoms with Gasteiger partial charge in [0.05, 0.1) is 17.4 Å². The van der Waals surface area contributed by atoms with Gasteiger partial charge in [-0.1, -0.05) is 46.3 Å². The van der Waals surface area contributed by atoms with Crippen LogP contribution in [-0.2, 0) is 5.33 Å². The van der Waals surface area contributed by atoms with Gasteiger partial charge in [-0.05, 0) is 0 Å². The van der Waals surface area contributed by atoms with Gasteiger partial charge in [0.15, 0.2) is 0 Å². The summed E-state index contributed by atoms with van der Waals surface area (Å²) in [5.74, 6) is 0. The topological polar surface area (TPSA) is 25.8 Å². The predicted molar refractivity (Wildman–Crippen MR) is 58.0 cm³/mol. The highest BCUT2D eigenvalue weighted by atomic mass is 79.9. The summed E-state index contributed by atoms with van der Waals surface area (Å²) in [6.07, 6.45) is 0. The molecule has 0 radical (unpaired) electrons. The summed E-state index contributed by atoms with van der Waals surface area (Å²) in [4.78, 5) is 0. The van der Waals surface area contributed by atoms with Crippen LogP contribution in [0.15, 0.2) is 30.3 Å². The molecule has 0 aliphatic rings. The Balaban J connectivity index is 2.47. The lowest BCUT2D eigenvalue weighted by atomic mass is 10.1. The van der Waals surface area contributed by atoms with Crippen molar-refractivity contribution in [1.82, 2.24) is 8.75 Å². The first-order valence-corrected chi connectivity index (χ1v) is 5.70. The first-order valence-electron chi connectivity index (χ1n) is 3.84. The van der Waals surface area contributed by atoms with Crippen LogP contribution in [0.3, 0.4) is 0 Å². The van der Waals surface area contributed by atoms with E-state index in [1.165, 1.54) is 11.7 Å². The van der Waals surface area contributed by atoms with Gasteiger partial charge >= 0.3 is 0 Å². The van der Waals surface area contributed by atoms with Crippen LogP contribution in [-0.4, -0.2) is 8.75 Å². The zero-order valence-corrected chi connectivity index (χ0v) is 9.18. The average Bonchev–Trinajstić information content (AvgIpc) is 2.67. The number of benzene rings is 1. The lowest BCUT2D eigenvalue weighted by Gasteiger charge is -1.96. The highest BCUT2D eigenvalue weighted by molar-refractivity contribution is 9.08. The van der Waals surface area contributed by atoms with Gasteiger partial charge in [-0.3, -0.25) is 0 Å². The first kappa shape index (κ1) is 8.84. The van der Waals surface area contributed by atoms with Crippen molar-refractivity contribution < 1.29 is 0 Å². The molecule has 0 bridgehead atoms. The maximum absolute atomic E-state index is 4.26. The van der Waals surface area contributed by atoms with Crippen molar-refractivity contribution in [3.63, 3.8) is 0 Å². The summed E-state index contributed by atoms with van der Waals surface area (Å²) in [5, 5.41) is 0.758. The Bertz CT molecular complexity index is 386. The lowest BCUT2D eigenvalue weighted by Crippen LogP contribution is -1.83. The van der Waals surface area contributed by atoms with E-state index in [1.54, 1.807) is 0 Å². The Morgan fingerprint density at radius 1 is 1.15 bits per heavy atom. The van der Waals surface area contributed by atoms with Crippen LogP contribution in [0.1, 0.15) is 5.69 Å². The molecule has 2 nitrogen and oxygen atoms in total. The minimum absolute atomic E-state index is 0.758. The third-order valence-corrected chi connectivity index (χ3v) is 2.83. The number of nitrogens with zero attached hydrogens (tertiary/aromatic N) is 2.